The number of benzene rings is 1. The van der Waals surface area contributed by atoms with Crippen LogP contribution < -0.4 is 10.5 Å². The summed E-state index contributed by atoms with van der Waals surface area (Å²) in [7, 11) is -3.56. The Hall–Kier alpha value is -1.44. The van der Waals surface area contributed by atoms with Gasteiger partial charge in [-0.05, 0) is 37.6 Å². The molecule has 1 atom stereocenters. The van der Waals surface area contributed by atoms with E-state index in [2.05, 4.69) is 9.71 Å². The van der Waals surface area contributed by atoms with E-state index in [-0.39, 0.29) is 10.9 Å². The average Bonchev–Trinajstić information content (AvgIpc) is 2.87. The van der Waals surface area contributed by atoms with Crippen LogP contribution in [0, 0.1) is 0 Å². The van der Waals surface area contributed by atoms with Crippen LogP contribution in [0.4, 0.5) is 5.69 Å². The third-order valence-electron chi connectivity index (χ3n) is 2.81. The summed E-state index contributed by atoms with van der Waals surface area (Å²) in [5.41, 5.74) is 6.09. The van der Waals surface area contributed by atoms with Crippen molar-refractivity contribution >= 4 is 27.0 Å². The van der Waals surface area contributed by atoms with Crippen molar-refractivity contribution in [3.05, 3.63) is 40.3 Å². The first-order chi connectivity index (χ1) is 9.42. The van der Waals surface area contributed by atoms with E-state index in [0.29, 0.717) is 5.69 Å². The minimum atomic E-state index is -3.56. The molecule has 0 spiro atoms. The fourth-order valence-corrected chi connectivity index (χ4v) is 3.83. The number of nitrogens with two attached hydrogens (primary N) is 1. The predicted molar refractivity (Wildman–Crippen MR) is 81.1 cm³/mol. The van der Waals surface area contributed by atoms with Crippen molar-refractivity contribution in [2.45, 2.75) is 31.2 Å². The highest BCUT2D eigenvalue weighted by Crippen LogP contribution is 2.22. The number of anilines is 1. The van der Waals surface area contributed by atoms with Crippen LogP contribution in [0.1, 0.15) is 29.8 Å². The molecule has 0 bridgehead atoms. The highest BCUT2D eigenvalue weighted by Gasteiger charge is 2.20. The fourth-order valence-electron chi connectivity index (χ4n) is 1.68. The predicted octanol–water partition coefficient (Wildman–Crippen LogP) is 2.33. The molecule has 7 heteroatoms. The normalized spacial score (nSPS) is 13.3. The second-order valence-electron chi connectivity index (χ2n) is 4.43. The lowest BCUT2D eigenvalue weighted by atomic mass is 10.3. The lowest BCUT2D eigenvalue weighted by Crippen LogP contribution is -2.26. The molecule has 5 nitrogen and oxygen atoms in total. The Balaban J connectivity index is 2.17. The van der Waals surface area contributed by atoms with Crippen LogP contribution in [0.5, 0.6) is 0 Å². The van der Waals surface area contributed by atoms with Crippen LogP contribution in [0.15, 0.2) is 35.4 Å². The minimum Gasteiger partial charge on any atom is -0.399 e. The van der Waals surface area contributed by atoms with Crippen LogP contribution >= 0.6 is 11.3 Å². The standard InChI is InChI=1S/C13H17N3O2S2/c1-3-11-8-15-13(19-11)9(2)16-20(17,18)12-6-4-10(14)5-7-12/h4-9,16H,3,14H2,1-2H3. The van der Waals surface area contributed by atoms with Gasteiger partial charge in [-0.2, -0.15) is 0 Å². The number of sulfonamides is 1. The third-order valence-corrected chi connectivity index (χ3v) is 5.69. The number of rotatable bonds is 5. The van der Waals surface area contributed by atoms with Crippen molar-refractivity contribution in [2.75, 3.05) is 5.73 Å². The molecule has 2 rings (SSSR count). The van der Waals surface area contributed by atoms with Gasteiger partial charge in [0.1, 0.15) is 5.01 Å². The van der Waals surface area contributed by atoms with Gasteiger partial charge in [-0.3, -0.25) is 0 Å². The first-order valence-corrected chi connectivity index (χ1v) is 8.55. The van der Waals surface area contributed by atoms with Gasteiger partial charge < -0.3 is 5.73 Å². The number of nitrogen functional groups attached to an aromatic ring is 1. The van der Waals surface area contributed by atoms with Crippen molar-refractivity contribution in [2.24, 2.45) is 0 Å². The molecule has 0 aliphatic carbocycles. The quantitative estimate of drug-likeness (QED) is 0.830. The minimum absolute atomic E-state index is 0.200. The molecule has 1 unspecified atom stereocenters. The Morgan fingerprint density at radius 3 is 2.55 bits per heavy atom. The molecule has 0 saturated carbocycles. The molecule has 1 heterocycles. The topological polar surface area (TPSA) is 85.1 Å². The number of nitrogens with one attached hydrogen (secondary N) is 1. The van der Waals surface area contributed by atoms with Crippen LogP contribution in [0.25, 0.3) is 0 Å². The maximum Gasteiger partial charge on any atom is 0.241 e. The molecule has 20 heavy (non-hydrogen) atoms. The Labute approximate surface area is 122 Å². The Morgan fingerprint density at radius 2 is 2.00 bits per heavy atom. The number of thiazole rings is 1. The van der Waals surface area contributed by atoms with E-state index in [0.717, 1.165) is 16.3 Å². The Bertz CT molecular complexity index is 678. The van der Waals surface area contributed by atoms with Gasteiger partial charge >= 0.3 is 0 Å². The smallest absolute Gasteiger partial charge is 0.241 e. The molecule has 0 fully saturated rings. The number of hydrogen-bond donors (Lipinski definition) is 2. The summed E-state index contributed by atoms with van der Waals surface area (Å²) in [6, 6.07) is 5.76. The average molecular weight is 311 g/mol. The number of aryl methyl sites for hydroxylation is 1. The molecule has 2 aromatic rings. The van der Waals surface area contributed by atoms with Crippen molar-refractivity contribution in [1.29, 1.82) is 0 Å². The second kappa shape index (κ2) is 5.90. The SMILES string of the molecule is CCc1cnc(C(C)NS(=O)(=O)c2ccc(N)cc2)s1. The summed E-state index contributed by atoms with van der Waals surface area (Å²) in [5, 5.41) is 0.765. The molecule has 0 saturated heterocycles. The molecule has 1 aromatic heterocycles. The number of nitrogens with zero attached hydrogens (tertiary/aromatic N) is 1. The van der Waals surface area contributed by atoms with E-state index in [9.17, 15) is 8.42 Å². The van der Waals surface area contributed by atoms with Gasteiger partial charge in [0.2, 0.25) is 10.0 Å². The number of aromatic nitrogens is 1. The zero-order chi connectivity index (χ0) is 14.8. The van der Waals surface area contributed by atoms with E-state index < -0.39 is 10.0 Å². The van der Waals surface area contributed by atoms with Gasteiger partial charge in [0.25, 0.3) is 0 Å². The summed E-state index contributed by atoms with van der Waals surface area (Å²) in [5.74, 6) is 0. The number of hydrogen-bond acceptors (Lipinski definition) is 5. The maximum absolute atomic E-state index is 12.2. The monoisotopic (exact) mass is 311 g/mol. The molecule has 108 valence electrons. The summed E-state index contributed by atoms with van der Waals surface area (Å²) in [6.07, 6.45) is 2.68. The van der Waals surface area contributed by atoms with Crippen LogP contribution in [-0.2, 0) is 16.4 Å². The van der Waals surface area contributed by atoms with Crippen LogP contribution in [-0.4, -0.2) is 13.4 Å². The lowest BCUT2D eigenvalue weighted by Gasteiger charge is -2.12. The van der Waals surface area contributed by atoms with Gasteiger partial charge in [-0.1, -0.05) is 6.92 Å². The molecular weight excluding hydrogens is 294 g/mol. The molecule has 0 radical (unpaired) electrons. The van der Waals surface area contributed by atoms with E-state index in [4.69, 9.17) is 5.73 Å². The third kappa shape index (κ3) is 3.36. The molecule has 3 N–H and O–H groups in total. The Morgan fingerprint density at radius 1 is 1.35 bits per heavy atom. The fraction of sp³-hybridized carbons (Fsp3) is 0.308. The molecule has 0 aliphatic rings. The van der Waals surface area contributed by atoms with Crippen molar-refractivity contribution < 1.29 is 8.42 Å². The van der Waals surface area contributed by atoms with E-state index in [1.807, 2.05) is 6.92 Å². The van der Waals surface area contributed by atoms with E-state index >= 15 is 0 Å². The molecule has 0 amide bonds. The van der Waals surface area contributed by atoms with E-state index in [1.54, 1.807) is 25.3 Å². The van der Waals surface area contributed by atoms with E-state index in [1.165, 1.54) is 23.5 Å². The highest BCUT2D eigenvalue weighted by atomic mass is 32.2. The molecular formula is C13H17N3O2S2. The van der Waals surface area contributed by atoms with Gasteiger partial charge in [-0.25, -0.2) is 18.1 Å². The van der Waals surface area contributed by atoms with Gasteiger partial charge in [-0.15, -0.1) is 11.3 Å². The summed E-state index contributed by atoms with van der Waals surface area (Å²) >= 11 is 1.52. The molecule has 1 aromatic carbocycles. The summed E-state index contributed by atoms with van der Waals surface area (Å²) < 4.78 is 27.1. The Kier molecular flexibility index (Phi) is 4.42. The first kappa shape index (κ1) is 15.0. The van der Waals surface area contributed by atoms with Crippen molar-refractivity contribution in [3.8, 4) is 0 Å². The summed E-state index contributed by atoms with van der Waals surface area (Å²) in [4.78, 5) is 5.59. The zero-order valence-corrected chi connectivity index (χ0v) is 13.0. The van der Waals surface area contributed by atoms with Gasteiger partial charge in [0.05, 0.1) is 10.9 Å². The first-order valence-electron chi connectivity index (χ1n) is 6.25. The van der Waals surface area contributed by atoms with Gasteiger partial charge in [0, 0.05) is 16.8 Å². The van der Waals surface area contributed by atoms with Crippen LogP contribution in [0.2, 0.25) is 0 Å². The maximum atomic E-state index is 12.2. The second-order valence-corrected chi connectivity index (χ2v) is 7.29. The van der Waals surface area contributed by atoms with Crippen molar-refractivity contribution in [1.82, 2.24) is 9.71 Å². The van der Waals surface area contributed by atoms with Crippen molar-refractivity contribution in [3.63, 3.8) is 0 Å². The highest BCUT2D eigenvalue weighted by molar-refractivity contribution is 7.89. The summed E-state index contributed by atoms with van der Waals surface area (Å²) in [6.45, 7) is 3.83. The van der Waals surface area contributed by atoms with Crippen LogP contribution in [0.3, 0.4) is 0 Å². The lowest BCUT2D eigenvalue weighted by molar-refractivity contribution is 0.566. The van der Waals surface area contributed by atoms with Gasteiger partial charge in [0.15, 0.2) is 0 Å². The molecule has 0 aliphatic heterocycles. The largest absolute Gasteiger partial charge is 0.399 e. The zero-order valence-electron chi connectivity index (χ0n) is 11.3.